The van der Waals surface area contributed by atoms with E-state index in [1.165, 1.54) is 22.1 Å². The average Bonchev–Trinajstić information content (AvgIpc) is 3.72. The van der Waals surface area contributed by atoms with Crippen LogP contribution in [0.25, 0.3) is 21.3 Å². The molecule has 202 valence electrons. The molecule has 0 unspecified atom stereocenters. The number of anilines is 1. The zero-order valence-corrected chi connectivity index (χ0v) is 23.0. The average molecular weight is 551 g/mol. The van der Waals surface area contributed by atoms with Crippen LogP contribution in [-0.4, -0.2) is 26.8 Å². The number of hydrogen-bond donors (Lipinski definition) is 3. The molecule has 0 saturated heterocycles. The monoisotopic (exact) mass is 550 g/mol. The van der Waals surface area contributed by atoms with Crippen LogP contribution in [0, 0.1) is 6.92 Å². The molecule has 0 bridgehead atoms. The van der Waals surface area contributed by atoms with Gasteiger partial charge in [0.2, 0.25) is 0 Å². The first-order chi connectivity index (χ1) is 19.5. The van der Waals surface area contributed by atoms with Gasteiger partial charge in [-0.1, -0.05) is 55.3 Å². The Bertz CT molecular complexity index is 1680. The summed E-state index contributed by atoms with van der Waals surface area (Å²) in [5.74, 6) is -0.00368. The molecule has 6 rings (SSSR count). The number of aromatic hydroxyl groups is 1. The van der Waals surface area contributed by atoms with Gasteiger partial charge in [0.15, 0.2) is 0 Å². The third-order valence-electron chi connectivity index (χ3n) is 7.57. The number of hydrogen-bond acceptors (Lipinski definition) is 5. The first kappa shape index (κ1) is 25.8. The smallest absolute Gasteiger partial charge is 0.342 e. The minimum Gasteiger partial charge on any atom is -0.507 e. The van der Waals surface area contributed by atoms with Crippen LogP contribution in [0.3, 0.4) is 0 Å². The lowest BCUT2D eigenvalue weighted by atomic mass is 10.0. The highest BCUT2D eigenvalue weighted by atomic mass is 32.1. The van der Waals surface area contributed by atoms with E-state index in [-0.39, 0.29) is 23.6 Å². The van der Waals surface area contributed by atoms with Gasteiger partial charge in [0.1, 0.15) is 5.75 Å². The van der Waals surface area contributed by atoms with Crippen molar-refractivity contribution < 1.29 is 14.7 Å². The summed E-state index contributed by atoms with van der Waals surface area (Å²) in [4.78, 5) is 26.8. The molecule has 7 nitrogen and oxygen atoms in total. The third-order valence-corrected chi connectivity index (χ3v) is 8.69. The molecular weight excluding hydrogens is 520 g/mol. The van der Waals surface area contributed by atoms with Gasteiger partial charge in [-0.2, -0.15) is 9.78 Å². The molecule has 3 aromatic carbocycles. The molecule has 8 heteroatoms. The number of benzene rings is 3. The molecule has 1 fully saturated rings. The van der Waals surface area contributed by atoms with Crippen molar-refractivity contribution in [2.24, 2.45) is 0 Å². The molecule has 0 radical (unpaired) electrons. The number of aryl methyl sites for hydroxylation is 1. The molecule has 2 heterocycles. The fourth-order valence-electron chi connectivity index (χ4n) is 5.37. The second-order valence-electron chi connectivity index (χ2n) is 10.3. The predicted octanol–water partition coefficient (Wildman–Crippen LogP) is 7.45. The van der Waals surface area contributed by atoms with Crippen molar-refractivity contribution in [1.82, 2.24) is 15.1 Å². The van der Waals surface area contributed by atoms with Gasteiger partial charge in [-0.3, -0.25) is 4.79 Å². The molecular formula is C32H30N4O3S. The fourth-order valence-corrected chi connectivity index (χ4v) is 6.33. The highest BCUT2D eigenvalue weighted by molar-refractivity contribution is 7.20. The van der Waals surface area contributed by atoms with E-state index in [1.807, 2.05) is 67.6 Å². The molecule has 2 amide bonds. The summed E-state index contributed by atoms with van der Waals surface area (Å²) >= 11 is 1.43. The zero-order chi connectivity index (χ0) is 27.6. The number of carbonyl (C=O) groups is 2. The number of phenols is 1. The standard InChI is InChI=1S/C32H30N4O3S/c1-20-8-2-3-12-23(20)19-33-32(39)36-27(21-9-4-5-10-21)18-26(35-36)25-15-14-24(17-28(25)37)34-31(38)30-16-22-11-6-7-13-29(22)40-30/h2-3,6-8,11-18,21,37H,4-5,9-10,19H2,1H3,(H,33,39)(H,34,38). The summed E-state index contributed by atoms with van der Waals surface area (Å²) in [5, 5.41) is 22.5. The summed E-state index contributed by atoms with van der Waals surface area (Å²) in [5.41, 5.74) is 4.53. The molecule has 5 aromatic rings. The van der Waals surface area contributed by atoms with Gasteiger partial charge >= 0.3 is 6.03 Å². The fraction of sp³-hybridized carbons (Fsp3) is 0.219. The SMILES string of the molecule is Cc1ccccc1CNC(=O)n1nc(-c2ccc(NC(=O)c3cc4ccccc4s3)cc2O)cc1C1CCCC1. The Hall–Kier alpha value is -4.43. The van der Waals surface area contributed by atoms with Crippen LogP contribution in [0.4, 0.5) is 10.5 Å². The summed E-state index contributed by atoms with van der Waals surface area (Å²) < 4.78 is 2.50. The summed E-state index contributed by atoms with van der Waals surface area (Å²) in [6.07, 6.45) is 4.25. The van der Waals surface area contributed by atoms with Gasteiger partial charge in [-0.05, 0) is 66.6 Å². The summed E-state index contributed by atoms with van der Waals surface area (Å²) in [6.45, 7) is 2.43. The van der Waals surface area contributed by atoms with Crippen LogP contribution in [-0.2, 0) is 6.54 Å². The Kier molecular flexibility index (Phi) is 7.09. The predicted molar refractivity (Wildman–Crippen MR) is 159 cm³/mol. The number of phenolic OH excluding ortho intramolecular Hbond substituents is 1. The summed E-state index contributed by atoms with van der Waals surface area (Å²) in [7, 11) is 0. The van der Waals surface area contributed by atoms with Crippen molar-refractivity contribution in [3.8, 4) is 17.0 Å². The van der Waals surface area contributed by atoms with Crippen molar-refractivity contribution in [3.05, 3.63) is 101 Å². The number of carbonyl (C=O) groups excluding carboxylic acids is 2. The Morgan fingerprint density at radius 2 is 1.77 bits per heavy atom. The molecule has 0 spiro atoms. The van der Waals surface area contributed by atoms with Crippen LogP contribution < -0.4 is 10.6 Å². The highest BCUT2D eigenvalue weighted by Gasteiger charge is 2.26. The quantitative estimate of drug-likeness (QED) is 0.205. The van der Waals surface area contributed by atoms with Crippen molar-refractivity contribution in [2.75, 3.05) is 5.32 Å². The molecule has 1 aliphatic carbocycles. The van der Waals surface area contributed by atoms with Gasteiger partial charge in [0, 0.05) is 34.5 Å². The lowest BCUT2D eigenvalue weighted by molar-refractivity contribution is 0.103. The van der Waals surface area contributed by atoms with E-state index in [1.54, 1.807) is 12.1 Å². The van der Waals surface area contributed by atoms with E-state index in [4.69, 9.17) is 0 Å². The number of nitrogens with one attached hydrogen (secondary N) is 2. The molecule has 0 aliphatic heterocycles. The van der Waals surface area contributed by atoms with Gasteiger partial charge in [0.25, 0.3) is 5.91 Å². The van der Waals surface area contributed by atoms with Crippen molar-refractivity contribution in [2.45, 2.75) is 45.1 Å². The first-order valence-electron chi connectivity index (χ1n) is 13.5. The Labute approximate surface area is 236 Å². The number of amides is 2. The van der Waals surface area contributed by atoms with E-state index in [0.717, 1.165) is 52.6 Å². The highest BCUT2D eigenvalue weighted by Crippen LogP contribution is 2.38. The largest absolute Gasteiger partial charge is 0.507 e. The topological polar surface area (TPSA) is 96.3 Å². The zero-order valence-electron chi connectivity index (χ0n) is 22.2. The molecule has 1 aliphatic rings. The van der Waals surface area contributed by atoms with Crippen molar-refractivity contribution in [1.29, 1.82) is 0 Å². The Morgan fingerprint density at radius 3 is 2.55 bits per heavy atom. The number of nitrogens with zero attached hydrogens (tertiary/aromatic N) is 2. The molecule has 3 N–H and O–H groups in total. The summed E-state index contributed by atoms with van der Waals surface area (Å²) in [6, 6.07) is 24.3. The van der Waals surface area contributed by atoms with Crippen LogP contribution in [0.15, 0.2) is 78.9 Å². The lowest BCUT2D eigenvalue weighted by Crippen LogP contribution is -2.31. The maximum Gasteiger partial charge on any atom is 0.342 e. The second kappa shape index (κ2) is 11.0. The number of fused-ring (bicyclic) bond motifs is 1. The number of thiophene rings is 1. The number of aromatic nitrogens is 2. The second-order valence-corrected chi connectivity index (χ2v) is 11.4. The molecule has 40 heavy (non-hydrogen) atoms. The minimum atomic E-state index is -0.289. The van der Waals surface area contributed by atoms with E-state index < -0.39 is 0 Å². The molecule has 1 saturated carbocycles. The van der Waals surface area contributed by atoms with Gasteiger partial charge in [0.05, 0.1) is 16.3 Å². The van der Waals surface area contributed by atoms with Crippen LogP contribution in [0.5, 0.6) is 5.75 Å². The maximum atomic E-state index is 13.3. The third kappa shape index (κ3) is 5.22. The maximum absolute atomic E-state index is 13.3. The van der Waals surface area contributed by atoms with Crippen LogP contribution >= 0.6 is 11.3 Å². The van der Waals surface area contributed by atoms with E-state index in [0.29, 0.717) is 28.4 Å². The van der Waals surface area contributed by atoms with Gasteiger partial charge < -0.3 is 15.7 Å². The lowest BCUT2D eigenvalue weighted by Gasteiger charge is -2.13. The Morgan fingerprint density at radius 1 is 1.00 bits per heavy atom. The van der Waals surface area contributed by atoms with Gasteiger partial charge in [-0.25, -0.2) is 4.79 Å². The van der Waals surface area contributed by atoms with Crippen molar-refractivity contribution >= 4 is 39.0 Å². The van der Waals surface area contributed by atoms with Crippen molar-refractivity contribution in [3.63, 3.8) is 0 Å². The van der Waals surface area contributed by atoms with Gasteiger partial charge in [-0.15, -0.1) is 11.3 Å². The molecule has 2 aromatic heterocycles. The normalized spacial score (nSPS) is 13.5. The van der Waals surface area contributed by atoms with E-state index >= 15 is 0 Å². The molecule has 0 atom stereocenters. The minimum absolute atomic E-state index is 0.0166. The van der Waals surface area contributed by atoms with E-state index in [2.05, 4.69) is 15.7 Å². The van der Waals surface area contributed by atoms with Crippen LogP contribution in [0.1, 0.15) is 58.1 Å². The van der Waals surface area contributed by atoms with E-state index in [9.17, 15) is 14.7 Å². The van der Waals surface area contributed by atoms with Crippen LogP contribution in [0.2, 0.25) is 0 Å². The number of rotatable bonds is 6. The Balaban J connectivity index is 1.23. The first-order valence-corrected chi connectivity index (χ1v) is 14.3.